The van der Waals surface area contributed by atoms with E-state index in [4.69, 9.17) is 4.74 Å². The van der Waals surface area contributed by atoms with E-state index in [0.29, 0.717) is 12.2 Å². The van der Waals surface area contributed by atoms with Gasteiger partial charge in [-0.2, -0.15) is 5.10 Å². The number of nitrogens with one attached hydrogen (secondary N) is 1. The zero-order valence-electron chi connectivity index (χ0n) is 18.8. The Morgan fingerprint density at radius 3 is 2.18 bits per heavy atom. The number of amides is 1. The highest BCUT2D eigenvalue weighted by Gasteiger charge is 2.14. The minimum absolute atomic E-state index is 0.0270. The van der Waals surface area contributed by atoms with E-state index in [9.17, 15) is 14.9 Å². The molecule has 0 aliphatic carbocycles. The lowest BCUT2D eigenvalue weighted by atomic mass is 9.87. The van der Waals surface area contributed by atoms with E-state index in [0.717, 1.165) is 29.6 Å². The fourth-order valence-corrected chi connectivity index (χ4v) is 5.14. The number of halogens is 2. The first kappa shape index (κ1) is 26.1. The van der Waals surface area contributed by atoms with E-state index < -0.39 is 4.92 Å². The van der Waals surface area contributed by atoms with Gasteiger partial charge in [-0.1, -0.05) is 32.9 Å². The zero-order valence-corrected chi connectivity index (χ0v) is 23.2. The van der Waals surface area contributed by atoms with E-state index in [1.54, 1.807) is 30.5 Å². The molecule has 3 aromatic carbocycles. The molecule has 0 atom stereocenters. The summed E-state index contributed by atoms with van der Waals surface area (Å²) in [5, 5.41) is 14.9. The van der Waals surface area contributed by atoms with Gasteiger partial charge in [0.2, 0.25) is 0 Å². The second-order valence-corrected chi connectivity index (χ2v) is 10.9. The molecule has 9 heteroatoms. The van der Waals surface area contributed by atoms with Crippen molar-refractivity contribution in [3.05, 3.63) is 100 Å². The van der Waals surface area contributed by atoms with Crippen LogP contribution in [-0.4, -0.2) is 17.0 Å². The van der Waals surface area contributed by atoms with Gasteiger partial charge >= 0.3 is 0 Å². The molecule has 0 fully saturated rings. The number of nitro groups is 1. The molecule has 34 heavy (non-hydrogen) atoms. The summed E-state index contributed by atoms with van der Waals surface area (Å²) in [5.74, 6) is 0.448. The number of benzene rings is 3. The second-order valence-electron chi connectivity index (χ2n) is 8.55. The summed E-state index contributed by atoms with van der Waals surface area (Å²) in [7, 11) is 0. The second kappa shape index (κ2) is 11.3. The quantitative estimate of drug-likeness (QED) is 0.134. The summed E-state index contributed by atoms with van der Waals surface area (Å²) >= 11 is 4.37. The number of hydrogen-bond donors (Lipinski definition) is 1. The smallest absolute Gasteiger partial charge is 0.271 e. The lowest BCUT2D eigenvalue weighted by molar-refractivity contribution is -0.384. The average molecular weight is 683 g/mol. The Morgan fingerprint density at radius 1 is 1.06 bits per heavy atom. The maximum absolute atomic E-state index is 12.4. The number of carbonyl (C=O) groups is 1. The molecule has 3 aromatic rings. The molecule has 0 bridgehead atoms. The van der Waals surface area contributed by atoms with Crippen LogP contribution < -0.4 is 10.2 Å². The fourth-order valence-electron chi connectivity index (χ4n) is 3.01. The van der Waals surface area contributed by atoms with E-state index in [1.807, 2.05) is 24.3 Å². The molecule has 0 aliphatic rings. The lowest BCUT2D eigenvalue weighted by Gasteiger charge is -2.18. The van der Waals surface area contributed by atoms with Crippen molar-refractivity contribution in [3.63, 3.8) is 0 Å². The van der Waals surface area contributed by atoms with Gasteiger partial charge in [-0.15, -0.1) is 0 Å². The summed E-state index contributed by atoms with van der Waals surface area (Å²) in [6.07, 6.45) is 1.59. The van der Waals surface area contributed by atoms with Crippen molar-refractivity contribution in [2.45, 2.75) is 32.8 Å². The minimum atomic E-state index is -0.429. The number of carbonyl (C=O) groups excluding carboxylic acids is 1. The lowest BCUT2D eigenvalue weighted by Crippen LogP contribution is -2.18. The molecule has 7 nitrogen and oxygen atoms in total. The van der Waals surface area contributed by atoms with Crippen LogP contribution in [0.25, 0.3) is 0 Å². The normalized spacial score (nSPS) is 11.4. The molecule has 0 saturated heterocycles. The third kappa shape index (κ3) is 6.98. The SMILES string of the molecule is CC(C)(C)c1ccc(C(=O)N/N=C\c2cc(I)c(OCc3ccc([N+](=O)[O-])cc3)c(I)c2)cc1. The molecular formula is C25H23I2N3O4. The van der Waals surface area contributed by atoms with E-state index in [1.165, 1.54) is 12.1 Å². The van der Waals surface area contributed by atoms with Crippen LogP contribution in [0.5, 0.6) is 5.75 Å². The van der Waals surface area contributed by atoms with Crippen LogP contribution in [-0.2, 0) is 12.0 Å². The molecule has 0 radical (unpaired) electrons. The van der Waals surface area contributed by atoms with Gasteiger partial charge in [0, 0.05) is 17.7 Å². The highest BCUT2D eigenvalue weighted by molar-refractivity contribution is 14.1. The molecule has 0 heterocycles. The maximum atomic E-state index is 12.4. The van der Waals surface area contributed by atoms with Crippen molar-refractivity contribution in [1.29, 1.82) is 0 Å². The van der Waals surface area contributed by atoms with Crippen LogP contribution in [0.15, 0.2) is 65.8 Å². The summed E-state index contributed by atoms with van der Waals surface area (Å²) < 4.78 is 7.72. The van der Waals surface area contributed by atoms with Gasteiger partial charge < -0.3 is 4.74 Å². The topological polar surface area (TPSA) is 93.8 Å². The number of rotatable bonds is 7. The van der Waals surface area contributed by atoms with Crippen LogP contribution in [0.1, 0.15) is 47.8 Å². The molecule has 1 N–H and O–H groups in total. The first-order valence-electron chi connectivity index (χ1n) is 10.3. The van der Waals surface area contributed by atoms with Gasteiger partial charge in [0.1, 0.15) is 12.4 Å². The monoisotopic (exact) mass is 683 g/mol. The van der Waals surface area contributed by atoms with E-state index in [2.05, 4.69) is 76.5 Å². The van der Waals surface area contributed by atoms with Crippen LogP contribution in [0.2, 0.25) is 0 Å². The van der Waals surface area contributed by atoms with E-state index >= 15 is 0 Å². The molecule has 0 aromatic heterocycles. The highest BCUT2D eigenvalue weighted by Crippen LogP contribution is 2.29. The summed E-state index contributed by atoms with van der Waals surface area (Å²) in [5.41, 5.74) is 6.00. The predicted molar refractivity (Wildman–Crippen MR) is 150 cm³/mol. The number of hydrazone groups is 1. The van der Waals surface area contributed by atoms with Crippen LogP contribution in [0.3, 0.4) is 0 Å². The van der Waals surface area contributed by atoms with Crippen molar-refractivity contribution in [3.8, 4) is 5.75 Å². The number of hydrogen-bond acceptors (Lipinski definition) is 5. The largest absolute Gasteiger partial charge is 0.487 e. The standard InChI is InChI=1S/C25H23I2N3O4/c1-25(2,3)19-8-6-18(7-9-19)24(31)29-28-14-17-12-21(26)23(22(27)13-17)34-15-16-4-10-20(11-5-16)30(32)33/h4-14H,15H2,1-3H3,(H,29,31)/b28-14-. The maximum Gasteiger partial charge on any atom is 0.271 e. The van der Waals surface area contributed by atoms with Crippen LogP contribution >= 0.6 is 45.2 Å². The Hall–Kier alpha value is -2.54. The molecule has 0 aliphatic heterocycles. The number of ether oxygens (including phenoxy) is 1. The van der Waals surface area contributed by atoms with Gasteiger partial charge in [0.15, 0.2) is 0 Å². The Kier molecular flexibility index (Phi) is 8.63. The zero-order chi connectivity index (χ0) is 24.9. The fraction of sp³-hybridized carbons (Fsp3) is 0.200. The molecule has 1 amide bonds. The Balaban J connectivity index is 1.61. The highest BCUT2D eigenvalue weighted by atomic mass is 127. The van der Waals surface area contributed by atoms with Gasteiger partial charge in [0.05, 0.1) is 18.3 Å². The minimum Gasteiger partial charge on any atom is -0.487 e. The molecule has 0 unspecified atom stereocenters. The van der Waals surface area contributed by atoms with Gasteiger partial charge in [-0.25, -0.2) is 5.43 Å². The first-order chi connectivity index (χ1) is 16.0. The molecule has 3 rings (SSSR count). The Labute approximate surface area is 225 Å². The Bertz CT molecular complexity index is 1200. The number of non-ortho nitro benzene ring substituents is 1. The molecule has 0 spiro atoms. The van der Waals surface area contributed by atoms with Crippen molar-refractivity contribution in [2.24, 2.45) is 5.10 Å². The van der Waals surface area contributed by atoms with Crippen molar-refractivity contribution in [2.75, 3.05) is 0 Å². The van der Waals surface area contributed by atoms with Gasteiger partial charge in [0.25, 0.3) is 11.6 Å². The van der Waals surface area contributed by atoms with Gasteiger partial charge in [-0.05, 0) is 104 Å². The summed E-state index contributed by atoms with van der Waals surface area (Å²) in [6.45, 7) is 6.67. The number of nitro benzene ring substituents is 1. The third-order valence-electron chi connectivity index (χ3n) is 4.94. The molecular weight excluding hydrogens is 660 g/mol. The van der Waals surface area contributed by atoms with Crippen molar-refractivity contribution >= 4 is 63.0 Å². The Morgan fingerprint density at radius 2 is 1.65 bits per heavy atom. The molecule has 176 valence electrons. The third-order valence-corrected chi connectivity index (χ3v) is 6.55. The molecule has 0 saturated carbocycles. The van der Waals surface area contributed by atoms with Gasteiger partial charge in [-0.3, -0.25) is 14.9 Å². The number of nitrogens with zero attached hydrogens (tertiary/aromatic N) is 2. The average Bonchev–Trinajstić information content (AvgIpc) is 2.78. The van der Waals surface area contributed by atoms with Crippen LogP contribution in [0.4, 0.5) is 5.69 Å². The summed E-state index contributed by atoms with van der Waals surface area (Å²) in [6, 6.07) is 17.6. The van der Waals surface area contributed by atoms with Crippen molar-refractivity contribution in [1.82, 2.24) is 5.43 Å². The first-order valence-corrected chi connectivity index (χ1v) is 12.5. The summed E-state index contributed by atoms with van der Waals surface area (Å²) in [4.78, 5) is 22.7. The van der Waals surface area contributed by atoms with E-state index in [-0.39, 0.29) is 17.0 Å². The van der Waals surface area contributed by atoms with Crippen molar-refractivity contribution < 1.29 is 14.5 Å². The van der Waals surface area contributed by atoms with Crippen LogP contribution in [0, 0.1) is 17.3 Å². The predicted octanol–water partition coefficient (Wildman–Crippen LogP) is 6.44.